The van der Waals surface area contributed by atoms with Gasteiger partial charge in [0.25, 0.3) is 0 Å². The van der Waals surface area contributed by atoms with E-state index < -0.39 is 11.5 Å². The third-order valence-corrected chi connectivity index (χ3v) is 4.14. The molecule has 1 saturated heterocycles. The van der Waals surface area contributed by atoms with E-state index in [0.29, 0.717) is 19.4 Å². The lowest BCUT2D eigenvalue weighted by molar-refractivity contribution is -0.149. The summed E-state index contributed by atoms with van der Waals surface area (Å²) in [7, 11) is 1.66. The lowest BCUT2D eigenvalue weighted by Gasteiger charge is -2.38. The van der Waals surface area contributed by atoms with Gasteiger partial charge >= 0.3 is 5.97 Å². The molecule has 0 radical (unpaired) electrons. The van der Waals surface area contributed by atoms with Crippen LogP contribution in [0.1, 0.15) is 38.5 Å². The molecule has 1 aliphatic heterocycles. The fourth-order valence-corrected chi connectivity index (χ4v) is 2.97. The number of carboxylic acid groups (broad SMARTS) is 1. The molecule has 0 aromatic rings. The van der Waals surface area contributed by atoms with E-state index >= 15 is 0 Å². The van der Waals surface area contributed by atoms with Gasteiger partial charge in [0.05, 0.1) is 12.2 Å². The van der Waals surface area contributed by atoms with Crippen molar-refractivity contribution in [3.05, 3.63) is 0 Å². The number of carbonyl (C=O) groups is 1. The first-order valence-electron chi connectivity index (χ1n) is 6.79. The molecule has 5 heteroatoms. The minimum atomic E-state index is -0.828. The van der Waals surface area contributed by atoms with Gasteiger partial charge in [0.1, 0.15) is 5.54 Å². The summed E-state index contributed by atoms with van der Waals surface area (Å²) in [5.74, 6) is -0.762. The molecule has 0 aromatic carbocycles. The fraction of sp³-hybridized carbons (Fsp3) is 0.923. The van der Waals surface area contributed by atoms with Crippen LogP contribution >= 0.6 is 0 Å². The molecule has 1 aliphatic carbocycles. The minimum absolute atomic E-state index is 0.0480. The Morgan fingerprint density at radius 1 is 1.50 bits per heavy atom. The highest BCUT2D eigenvalue weighted by atomic mass is 16.5. The molecule has 1 saturated carbocycles. The summed E-state index contributed by atoms with van der Waals surface area (Å²) >= 11 is 0. The Labute approximate surface area is 108 Å². The second kappa shape index (κ2) is 5.99. The maximum atomic E-state index is 11.6. The van der Waals surface area contributed by atoms with Crippen molar-refractivity contribution < 1.29 is 19.4 Å². The van der Waals surface area contributed by atoms with Gasteiger partial charge in [-0.15, -0.1) is 0 Å². The lowest BCUT2D eigenvalue weighted by Crippen LogP contribution is -2.57. The predicted octanol–water partition coefficient (Wildman–Crippen LogP) is 1.17. The van der Waals surface area contributed by atoms with Gasteiger partial charge < -0.3 is 14.6 Å². The SMILES string of the molecule is COC1CCCC(NCC2CCCO2)(C(=O)O)C1. The van der Waals surface area contributed by atoms with Crippen molar-refractivity contribution >= 4 is 5.97 Å². The molecule has 0 spiro atoms. The topological polar surface area (TPSA) is 67.8 Å². The van der Waals surface area contributed by atoms with E-state index in [2.05, 4.69) is 5.32 Å². The van der Waals surface area contributed by atoms with Gasteiger partial charge in [0, 0.05) is 26.7 Å². The molecule has 2 fully saturated rings. The molecular weight excluding hydrogens is 234 g/mol. The van der Waals surface area contributed by atoms with Crippen molar-refractivity contribution in [3.63, 3.8) is 0 Å². The Bertz CT molecular complexity index is 291. The number of ether oxygens (including phenoxy) is 2. The van der Waals surface area contributed by atoms with Gasteiger partial charge in [-0.3, -0.25) is 10.1 Å². The second-order valence-electron chi connectivity index (χ2n) is 5.36. The fourth-order valence-electron chi connectivity index (χ4n) is 2.97. The molecule has 0 bridgehead atoms. The zero-order valence-electron chi connectivity index (χ0n) is 11.0. The van der Waals surface area contributed by atoms with Crippen molar-refractivity contribution in [3.8, 4) is 0 Å². The standard InChI is InChI=1S/C13H23NO4/c1-17-10-4-2-6-13(8-10,12(15)16)14-9-11-5-3-7-18-11/h10-11,14H,2-9H2,1H3,(H,15,16). The number of aliphatic carboxylic acids is 1. The Hall–Kier alpha value is -0.650. The van der Waals surface area contributed by atoms with E-state index in [1.165, 1.54) is 0 Å². The lowest BCUT2D eigenvalue weighted by atomic mass is 9.80. The molecule has 18 heavy (non-hydrogen) atoms. The predicted molar refractivity (Wildman–Crippen MR) is 66.6 cm³/mol. The smallest absolute Gasteiger partial charge is 0.323 e. The second-order valence-corrected chi connectivity index (χ2v) is 5.36. The largest absolute Gasteiger partial charge is 0.480 e. The summed E-state index contributed by atoms with van der Waals surface area (Å²) in [5, 5.41) is 12.8. The van der Waals surface area contributed by atoms with Gasteiger partial charge in [-0.1, -0.05) is 0 Å². The van der Waals surface area contributed by atoms with E-state index in [0.717, 1.165) is 32.3 Å². The highest BCUT2D eigenvalue weighted by Crippen LogP contribution is 2.30. The summed E-state index contributed by atoms with van der Waals surface area (Å²) < 4.78 is 10.9. The average Bonchev–Trinajstić information content (AvgIpc) is 2.89. The summed E-state index contributed by atoms with van der Waals surface area (Å²) in [6.45, 7) is 1.43. The first-order chi connectivity index (χ1) is 8.66. The van der Waals surface area contributed by atoms with Gasteiger partial charge in [-0.2, -0.15) is 0 Å². The average molecular weight is 257 g/mol. The van der Waals surface area contributed by atoms with E-state index in [4.69, 9.17) is 9.47 Å². The van der Waals surface area contributed by atoms with Crippen molar-refractivity contribution in [2.45, 2.75) is 56.3 Å². The number of rotatable bonds is 5. The van der Waals surface area contributed by atoms with Crippen LogP contribution in [0.2, 0.25) is 0 Å². The quantitative estimate of drug-likeness (QED) is 0.774. The number of nitrogens with one attached hydrogen (secondary N) is 1. The van der Waals surface area contributed by atoms with Crippen LogP contribution in [-0.2, 0) is 14.3 Å². The molecule has 3 unspecified atom stereocenters. The van der Waals surface area contributed by atoms with Crippen molar-refractivity contribution in [2.24, 2.45) is 0 Å². The summed E-state index contributed by atoms with van der Waals surface area (Å²) in [6, 6.07) is 0. The van der Waals surface area contributed by atoms with Crippen molar-refractivity contribution in [2.75, 3.05) is 20.3 Å². The number of carboxylic acids is 1. The van der Waals surface area contributed by atoms with E-state index in [1.54, 1.807) is 7.11 Å². The van der Waals surface area contributed by atoms with Crippen LogP contribution in [0.4, 0.5) is 0 Å². The van der Waals surface area contributed by atoms with E-state index in [-0.39, 0.29) is 12.2 Å². The molecule has 1 heterocycles. The van der Waals surface area contributed by atoms with Crippen molar-refractivity contribution in [1.29, 1.82) is 0 Å². The first-order valence-corrected chi connectivity index (χ1v) is 6.79. The van der Waals surface area contributed by atoms with E-state index in [9.17, 15) is 9.90 Å². The van der Waals surface area contributed by atoms with Crippen LogP contribution in [-0.4, -0.2) is 49.1 Å². The summed E-state index contributed by atoms with van der Waals surface area (Å²) in [5.41, 5.74) is -0.828. The third kappa shape index (κ3) is 3.02. The summed E-state index contributed by atoms with van der Waals surface area (Å²) in [4.78, 5) is 11.6. The minimum Gasteiger partial charge on any atom is -0.480 e. The van der Waals surface area contributed by atoms with Crippen LogP contribution in [0.15, 0.2) is 0 Å². The Morgan fingerprint density at radius 2 is 2.33 bits per heavy atom. The van der Waals surface area contributed by atoms with Gasteiger partial charge in [-0.25, -0.2) is 0 Å². The van der Waals surface area contributed by atoms with Crippen LogP contribution in [0, 0.1) is 0 Å². The Balaban J connectivity index is 1.94. The Kier molecular flexibility index (Phi) is 4.59. The number of hydrogen-bond acceptors (Lipinski definition) is 4. The van der Waals surface area contributed by atoms with Crippen LogP contribution < -0.4 is 5.32 Å². The zero-order valence-corrected chi connectivity index (χ0v) is 11.0. The molecule has 104 valence electrons. The van der Waals surface area contributed by atoms with Crippen LogP contribution in [0.25, 0.3) is 0 Å². The molecule has 5 nitrogen and oxygen atoms in total. The van der Waals surface area contributed by atoms with E-state index in [1.807, 2.05) is 0 Å². The maximum Gasteiger partial charge on any atom is 0.323 e. The normalized spacial score (nSPS) is 36.7. The first kappa shape index (κ1) is 13.8. The Morgan fingerprint density at radius 3 is 2.94 bits per heavy atom. The maximum absolute atomic E-state index is 11.6. The molecule has 2 aliphatic rings. The van der Waals surface area contributed by atoms with Gasteiger partial charge in [0.2, 0.25) is 0 Å². The molecule has 2 rings (SSSR count). The van der Waals surface area contributed by atoms with Crippen molar-refractivity contribution in [1.82, 2.24) is 5.32 Å². The molecule has 0 aromatic heterocycles. The third-order valence-electron chi connectivity index (χ3n) is 4.14. The van der Waals surface area contributed by atoms with Crippen LogP contribution in [0.3, 0.4) is 0 Å². The van der Waals surface area contributed by atoms with Gasteiger partial charge in [0.15, 0.2) is 0 Å². The number of methoxy groups -OCH3 is 1. The zero-order chi connectivity index (χ0) is 13.0. The monoisotopic (exact) mass is 257 g/mol. The highest BCUT2D eigenvalue weighted by Gasteiger charge is 2.43. The summed E-state index contributed by atoms with van der Waals surface area (Å²) in [6.07, 6.45) is 5.39. The molecular formula is C13H23NO4. The highest BCUT2D eigenvalue weighted by molar-refractivity contribution is 5.79. The van der Waals surface area contributed by atoms with Crippen LogP contribution in [0.5, 0.6) is 0 Å². The van der Waals surface area contributed by atoms with Gasteiger partial charge in [-0.05, 0) is 32.1 Å². The molecule has 0 amide bonds. The number of hydrogen-bond donors (Lipinski definition) is 2. The molecule has 3 atom stereocenters. The molecule has 2 N–H and O–H groups in total.